The van der Waals surface area contributed by atoms with Gasteiger partial charge in [-0.3, -0.25) is 4.79 Å². The fourth-order valence-corrected chi connectivity index (χ4v) is 3.56. The Morgan fingerprint density at radius 1 is 1.15 bits per heavy atom. The van der Waals surface area contributed by atoms with Crippen molar-refractivity contribution in [1.82, 2.24) is 0 Å². The minimum Gasteiger partial charge on any atom is -0.483 e. The van der Waals surface area contributed by atoms with Crippen LogP contribution in [0, 0.1) is 18.3 Å². The quantitative estimate of drug-likeness (QED) is 0.621. The average molecular weight is 447 g/mol. The smallest absolute Gasteiger partial charge is 0.338 e. The lowest BCUT2D eigenvalue weighted by Gasteiger charge is -2.28. The molecule has 1 aliphatic heterocycles. The number of carbonyl (C=O) groups excluding carboxylic acids is 2. The van der Waals surface area contributed by atoms with E-state index < -0.39 is 11.9 Å². The number of allylic oxidation sites excluding steroid dienone is 2. The SMILES string of the molecule is CCOC(=O)C1=C(C)OC(N)=C(C#N)C1c1ccccc1OCC(=O)Nc1ccccc1C. The number of anilines is 1. The Morgan fingerprint density at radius 3 is 2.55 bits per heavy atom. The minimum atomic E-state index is -0.863. The van der Waals surface area contributed by atoms with Crippen molar-refractivity contribution >= 4 is 17.6 Å². The number of para-hydroxylation sites is 2. The van der Waals surface area contributed by atoms with Gasteiger partial charge < -0.3 is 25.3 Å². The van der Waals surface area contributed by atoms with E-state index in [0.29, 0.717) is 17.0 Å². The Labute approximate surface area is 192 Å². The molecule has 170 valence electrons. The highest BCUT2D eigenvalue weighted by Gasteiger charge is 2.37. The number of nitrogens with two attached hydrogens (primary N) is 1. The summed E-state index contributed by atoms with van der Waals surface area (Å²) < 4.78 is 16.5. The van der Waals surface area contributed by atoms with Crippen LogP contribution < -0.4 is 15.8 Å². The monoisotopic (exact) mass is 447 g/mol. The highest BCUT2D eigenvalue weighted by atomic mass is 16.5. The van der Waals surface area contributed by atoms with E-state index >= 15 is 0 Å². The highest BCUT2D eigenvalue weighted by Crippen LogP contribution is 2.42. The van der Waals surface area contributed by atoms with E-state index in [1.54, 1.807) is 44.2 Å². The molecule has 0 aliphatic carbocycles. The van der Waals surface area contributed by atoms with Crippen molar-refractivity contribution in [3.05, 3.63) is 82.4 Å². The summed E-state index contributed by atoms with van der Waals surface area (Å²) in [5, 5.41) is 12.6. The summed E-state index contributed by atoms with van der Waals surface area (Å²) in [4.78, 5) is 25.2. The fourth-order valence-electron chi connectivity index (χ4n) is 3.56. The second kappa shape index (κ2) is 10.4. The molecule has 1 heterocycles. The van der Waals surface area contributed by atoms with Crippen molar-refractivity contribution in [2.45, 2.75) is 26.7 Å². The fraction of sp³-hybridized carbons (Fsp3) is 0.240. The summed E-state index contributed by atoms with van der Waals surface area (Å²) in [7, 11) is 0. The molecule has 2 aromatic rings. The summed E-state index contributed by atoms with van der Waals surface area (Å²) in [5.41, 5.74) is 8.28. The zero-order valence-electron chi connectivity index (χ0n) is 18.7. The second-order valence-corrected chi connectivity index (χ2v) is 7.30. The number of hydrogen-bond donors (Lipinski definition) is 2. The van der Waals surface area contributed by atoms with Gasteiger partial charge in [0.15, 0.2) is 6.61 Å². The van der Waals surface area contributed by atoms with E-state index in [1.165, 1.54) is 0 Å². The predicted octanol–water partition coefficient (Wildman–Crippen LogP) is 3.66. The summed E-state index contributed by atoms with van der Waals surface area (Å²) in [5.74, 6) is -1.36. The number of carbonyl (C=O) groups is 2. The topological polar surface area (TPSA) is 124 Å². The molecule has 0 bridgehead atoms. The van der Waals surface area contributed by atoms with E-state index in [9.17, 15) is 14.9 Å². The second-order valence-electron chi connectivity index (χ2n) is 7.30. The van der Waals surface area contributed by atoms with Crippen LogP contribution >= 0.6 is 0 Å². The van der Waals surface area contributed by atoms with Crippen LogP contribution in [0.3, 0.4) is 0 Å². The minimum absolute atomic E-state index is 0.0593. The third-order valence-electron chi connectivity index (χ3n) is 5.11. The van der Waals surface area contributed by atoms with E-state index in [1.807, 2.05) is 31.2 Å². The Kier molecular flexibility index (Phi) is 7.36. The molecule has 1 aliphatic rings. The summed E-state index contributed by atoms with van der Waals surface area (Å²) >= 11 is 0. The van der Waals surface area contributed by atoms with E-state index in [4.69, 9.17) is 19.9 Å². The number of ether oxygens (including phenoxy) is 3. The molecule has 3 N–H and O–H groups in total. The molecule has 1 amide bonds. The molecule has 33 heavy (non-hydrogen) atoms. The van der Waals surface area contributed by atoms with Crippen LogP contribution in [0.25, 0.3) is 0 Å². The number of benzene rings is 2. The molecule has 0 saturated carbocycles. The van der Waals surface area contributed by atoms with Gasteiger partial charge in [-0.05, 0) is 38.5 Å². The lowest BCUT2D eigenvalue weighted by molar-refractivity contribution is -0.139. The first-order valence-electron chi connectivity index (χ1n) is 10.4. The van der Waals surface area contributed by atoms with Gasteiger partial charge in [-0.2, -0.15) is 5.26 Å². The number of amides is 1. The molecule has 8 nitrogen and oxygen atoms in total. The maximum atomic E-state index is 12.7. The molecule has 0 saturated heterocycles. The van der Waals surface area contributed by atoms with Gasteiger partial charge in [-0.1, -0.05) is 36.4 Å². The highest BCUT2D eigenvalue weighted by molar-refractivity contribution is 5.93. The number of nitrogens with zero attached hydrogens (tertiary/aromatic N) is 1. The molecule has 0 spiro atoms. The normalized spacial score (nSPS) is 15.4. The first-order valence-corrected chi connectivity index (χ1v) is 10.4. The van der Waals surface area contributed by atoms with Gasteiger partial charge in [0.25, 0.3) is 5.91 Å². The molecule has 0 radical (unpaired) electrons. The maximum absolute atomic E-state index is 12.7. The molecule has 8 heteroatoms. The number of rotatable bonds is 7. The van der Waals surface area contributed by atoms with Crippen LogP contribution in [0.15, 0.2) is 71.3 Å². The van der Waals surface area contributed by atoms with Crippen molar-refractivity contribution in [3.63, 3.8) is 0 Å². The van der Waals surface area contributed by atoms with Crippen LogP contribution in [0.1, 0.15) is 30.9 Å². The zero-order valence-corrected chi connectivity index (χ0v) is 18.7. The maximum Gasteiger partial charge on any atom is 0.338 e. The molecular formula is C25H25N3O5. The van der Waals surface area contributed by atoms with Crippen molar-refractivity contribution in [2.75, 3.05) is 18.5 Å². The third-order valence-corrected chi connectivity index (χ3v) is 5.11. The molecule has 1 unspecified atom stereocenters. The summed E-state index contributed by atoms with van der Waals surface area (Å²) in [6.45, 7) is 5.04. The van der Waals surface area contributed by atoms with Gasteiger partial charge >= 0.3 is 5.97 Å². The number of aryl methyl sites for hydroxylation is 1. The molecule has 0 fully saturated rings. The molecule has 2 aromatic carbocycles. The lowest BCUT2D eigenvalue weighted by Crippen LogP contribution is -2.26. The lowest BCUT2D eigenvalue weighted by atomic mass is 9.82. The summed E-state index contributed by atoms with van der Waals surface area (Å²) in [6.07, 6.45) is 0. The zero-order chi connectivity index (χ0) is 24.0. The van der Waals surface area contributed by atoms with Gasteiger partial charge in [0.2, 0.25) is 5.88 Å². The van der Waals surface area contributed by atoms with Crippen LogP contribution in [0.5, 0.6) is 5.75 Å². The number of nitrogens with one attached hydrogen (secondary N) is 1. The summed E-state index contributed by atoms with van der Waals surface area (Å²) in [6, 6.07) is 16.3. The first kappa shape index (κ1) is 23.4. The van der Waals surface area contributed by atoms with Crippen LogP contribution in [0.4, 0.5) is 5.69 Å². The van der Waals surface area contributed by atoms with Crippen LogP contribution in [-0.4, -0.2) is 25.1 Å². The van der Waals surface area contributed by atoms with Crippen molar-refractivity contribution in [2.24, 2.45) is 5.73 Å². The number of hydrogen-bond acceptors (Lipinski definition) is 7. The van der Waals surface area contributed by atoms with Gasteiger partial charge in [0.1, 0.15) is 23.2 Å². The molecular weight excluding hydrogens is 422 g/mol. The third kappa shape index (κ3) is 5.15. The predicted molar refractivity (Wildman–Crippen MR) is 122 cm³/mol. The standard InChI is InChI=1S/C25H25N3O5/c1-4-31-25(30)22-16(3)33-24(27)18(13-26)23(22)17-10-6-8-12-20(17)32-14-21(29)28-19-11-7-5-9-15(19)2/h5-12,23H,4,14,27H2,1-3H3,(H,28,29). The van der Waals surface area contributed by atoms with Gasteiger partial charge in [-0.15, -0.1) is 0 Å². The number of esters is 1. The Balaban J connectivity index is 1.91. The van der Waals surface area contributed by atoms with Gasteiger partial charge in [-0.25, -0.2) is 4.79 Å². The van der Waals surface area contributed by atoms with E-state index in [0.717, 1.165) is 5.56 Å². The van der Waals surface area contributed by atoms with Gasteiger partial charge in [0.05, 0.1) is 18.1 Å². The van der Waals surface area contributed by atoms with Crippen molar-refractivity contribution < 1.29 is 23.8 Å². The molecule has 0 aromatic heterocycles. The average Bonchev–Trinajstić information content (AvgIpc) is 2.79. The van der Waals surface area contributed by atoms with Crippen LogP contribution in [0.2, 0.25) is 0 Å². The molecule has 1 atom stereocenters. The van der Waals surface area contributed by atoms with Crippen molar-refractivity contribution in [3.8, 4) is 11.8 Å². The van der Waals surface area contributed by atoms with Gasteiger partial charge in [0, 0.05) is 11.3 Å². The Morgan fingerprint density at radius 2 is 1.85 bits per heavy atom. The number of nitriles is 1. The first-order chi connectivity index (χ1) is 15.9. The van der Waals surface area contributed by atoms with Crippen molar-refractivity contribution in [1.29, 1.82) is 5.26 Å². The van der Waals surface area contributed by atoms with E-state index in [-0.39, 0.29) is 41.9 Å². The van der Waals surface area contributed by atoms with E-state index in [2.05, 4.69) is 5.32 Å². The Hall–Kier alpha value is -4.25. The Bertz CT molecular complexity index is 1180. The largest absolute Gasteiger partial charge is 0.483 e. The molecule has 3 rings (SSSR count). The van der Waals surface area contributed by atoms with Crippen LogP contribution in [-0.2, 0) is 19.1 Å².